The van der Waals surface area contributed by atoms with Gasteiger partial charge in [-0.15, -0.1) is 0 Å². The summed E-state index contributed by atoms with van der Waals surface area (Å²) in [6.07, 6.45) is 2.15. The Labute approximate surface area is 112 Å². The first-order chi connectivity index (χ1) is 9.08. The number of aromatic carboxylic acids is 1. The number of hydrogen-bond donors (Lipinski definition) is 1. The SMILES string of the molecule is Cc1ccc(C)c(-c2ccc(C(=O)O)n2C2CC2)c1. The van der Waals surface area contributed by atoms with E-state index >= 15 is 0 Å². The summed E-state index contributed by atoms with van der Waals surface area (Å²) < 4.78 is 1.99. The molecule has 2 aromatic rings. The zero-order chi connectivity index (χ0) is 13.6. The highest BCUT2D eigenvalue weighted by Gasteiger charge is 2.30. The molecule has 1 aromatic carbocycles. The molecule has 3 nitrogen and oxygen atoms in total. The van der Waals surface area contributed by atoms with Gasteiger partial charge in [0, 0.05) is 17.3 Å². The third-order valence-electron chi connectivity index (χ3n) is 3.72. The van der Waals surface area contributed by atoms with Gasteiger partial charge in [0.05, 0.1) is 0 Å². The summed E-state index contributed by atoms with van der Waals surface area (Å²) in [5.74, 6) is -0.844. The van der Waals surface area contributed by atoms with Crippen LogP contribution in [0, 0.1) is 13.8 Å². The van der Waals surface area contributed by atoms with Gasteiger partial charge in [-0.25, -0.2) is 4.79 Å². The van der Waals surface area contributed by atoms with E-state index in [1.165, 1.54) is 11.1 Å². The Kier molecular flexibility index (Phi) is 2.70. The van der Waals surface area contributed by atoms with Crippen molar-refractivity contribution >= 4 is 5.97 Å². The molecule has 3 rings (SSSR count). The van der Waals surface area contributed by atoms with E-state index in [0.717, 1.165) is 24.1 Å². The van der Waals surface area contributed by atoms with E-state index in [0.29, 0.717) is 11.7 Å². The third-order valence-corrected chi connectivity index (χ3v) is 3.72. The zero-order valence-electron chi connectivity index (χ0n) is 11.2. The van der Waals surface area contributed by atoms with Crippen LogP contribution in [-0.2, 0) is 0 Å². The van der Waals surface area contributed by atoms with Crippen LogP contribution >= 0.6 is 0 Å². The molecule has 0 amide bonds. The lowest BCUT2D eigenvalue weighted by Gasteiger charge is -2.13. The van der Waals surface area contributed by atoms with Crippen molar-refractivity contribution in [2.45, 2.75) is 32.7 Å². The summed E-state index contributed by atoms with van der Waals surface area (Å²) in [6, 6.07) is 10.3. The molecule has 0 bridgehead atoms. The van der Waals surface area contributed by atoms with E-state index < -0.39 is 5.97 Å². The summed E-state index contributed by atoms with van der Waals surface area (Å²) in [6.45, 7) is 4.13. The zero-order valence-corrected chi connectivity index (χ0v) is 11.2. The molecule has 1 fully saturated rings. The molecular formula is C16H17NO2. The molecule has 0 aliphatic heterocycles. The van der Waals surface area contributed by atoms with Crippen LogP contribution in [0.4, 0.5) is 0 Å². The molecule has 0 unspecified atom stereocenters. The number of benzene rings is 1. The molecule has 1 N–H and O–H groups in total. The van der Waals surface area contributed by atoms with Crippen LogP contribution in [0.5, 0.6) is 0 Å². The molecule has 19 heavy (non-hydrogen) atoms. The predicted octanol–water partition coefficient (Wildman–Crippen LogP) is 3.81. The number of rotatable bonds is 3. The van der Waals surface area contributed by atoms with Crippen molar-refractivity contribution in [2.24, 2.45) is 0 Å². The van der Waals surface area contributed by atoms with Crippen molar-refractivity contribution < 1.29 is 9.90 Å². The summed E-state index contributed by atoms with van der Waals surface area (Å²) in [5, 5.41) is 9.31. The van der Waals surface area contributed by atoms with Crippen LogP contribution in [0.2, 0.25) is 0 Å². The highest BCUT2D eigenvalue weighted by Crippen LogP contribution is 2.41. The fourth-order valence-corrected chi connectivity index (χ4v) is 2.58. The molecule has 0 spiro atoms. The van der Waals surface area contributed by atoms with Crippen LogP contribution in [0.25, 0.3) is 11.3 Å². The fraction of sp³-hybridized carbons (Fsp3) is 0.312. The lowest BCUT2D eigenvalue weighted by Crippen LogP contribution is -2.08. The second-order valence-corrected chi connectivity index (χ2v) is 5.33. The third kappa shape index (κ3) is 2.05. The van der Waals surface area contributed by atoms with Gasteiger partial charge in [0.1, 0.15) is 5.69 Å². The van der Waals surface area contributed by atoms with Crippen molar-refractivity contribution in [1.29, 1.82) is 0 Å². The molecular weight excluding hydrogens is 238 g/mol. The highest BCUT2D eigenvalue weighted by atomic mass is 16.4. The van der Waals surface area contributed by atoms with Gasteiger partial charge in [-0.3, -0.25) is 0 Å². The van der Waals surface area contributed by atoms with Crippen LogP contribution in [0.1, 0.15) is 40.5 Å². The molecule has 1 heterocycles. The standard InChI is InChI=1S/C16H17NO2/c1-10-3-4-11(2)13(9-10)14-7-8-15(16(18)19)17(14)12-5-6-12/h3-4,7-9,12H,5-6H2,1-2H3,(H,18,19). The first-order valence-electron chi connectivity index (χ1n) is 6.60. The maximum atomic E-state index is 11.3. The van der Waals surface area contributed by atoms with E-state index in [2.05, 4.69) is 32.0 Å². The number of carboxylic acids is 1. The van der Waals surface area contributed by atoms with E-state index in [1.54, 1.807) is 6.07 Å². The summed E-state index contributed by atoms with van der Waals surface area (Å²) >= 11 is 0. The van der Waals surface area contributed by atoms with Gasteiger partial charge in [0.2, 0.25) is 0 Å². The van der Waals surface area contributed by atoms with Gasteiger partial charge in [-0.1, -0.05) is 17.7 Å². The fourth-order valence-electron chi connectivity index (χ4n) is 2.58. The molecule has 1 saturated carbocycles. The van der Waals surface area contributed by atoms with Crippen molar-refractivity contribution in [3.63, 3.8) is 0 Å². The average molecular weight is 255 g/mol. The van der Waals surface area contributed by atoms with Crippen molar-refractivity contribution in [2.75, 3.05) is 0 Å². The first-order valence-corrected chi connectivity index (χ1v) is 6.60. The van der Waals surface area contributed by atoms with Crippen LogP contribution in [0.3, 0.4) is 0 Å². The summed E-state index contributed by atoms with van der Waals surface area (Å²) in [7, 11) is 0. The minimum absolute atomic E-state index is 0.357. The number of hydrogen-bond acceptors (Lipinski definition) is 1. The number of carbonyl (C=O) groups is 1. The second-order valence-electron chi connectivity index (χ2n) is 5.33. The minimum Gasteiger partial charge on any atom is -0.477 e. The van der Waals surface area contributed by atoms with Crippen molar-refractivity contribution in [1.82, 2.24) is 4.57 Å². The molecule has 0 saturated heterocycles. The summed E-state index contributed by atoms with van der Waals surface area (Å²) in [5.41, 5.74) is 4.95. The van der Waals surface area contributed by atoms with Crippen LogP contribution in [-0.4, -0.2) is 15.6 Å². The molecule has 1 aliphatic carbocycles. The monoisotopic (exact) mass is 255 g/mol. The van der Waals surface area contributed by atoms with Crippen LogP contribution in [0.15, 0.2) is 30.3 Å². The number of carboxylic acid groups (broad SMARTS) is 1. The number of aromatic nitrogens is 1. The first kappa shape index (κ1) is 12.0. The van der Waals surface area contributed by atoms with Crippen molar-refractivity contribution in [3.05, 3.63) is 47.2 Å². The molecule has 3 heteroatoms. The largest absolute Gasteiger partial charge is 0.477 e. The minimum atomic E-state index is -0.844. The lowest BCUT2D eigenvalue weighted by molar-refractivity contribution is 0.0685. The topological polar surface area (TPSA) is 42.2 Å². The van der Waals surface area contributed by atoms with Crippen molar-refractivity contribution in [3.8, 4) is 11.3 Å². The van der Waals surface area contributed by atoms with E-state index in [4.69, 9.17) is 0 Å². The molecule has 0 atom stereocenters. The van der Waals surface area contributed by atoms with Gasteiger partial charge in [0.15, 0.2) is 0 Å². The predicted molar refractivity (Wildman–Crippen MR) is 74.6 cm³/mol. The maximum absolute atomic E-state index is 11.3. The maximum Gasteiger partial charge on any atom is 0.352 e. The molecule has 1 aromatic heterocycles. The smallest absolute Gasteiger partial charge is 0.352 e. The summed E-state index contributed by atoms with van der Waals surface area (Å²) in [4.78, 5) is 11.3. The Hall–Kier alpha value is -2.03. The Morgan fingerprint density at radius 2 is 1.95 bits per heavy atom. The van der Waals surface area contributed by atoms with Gasteiger partial charge in [0.25, 0.3) is 0 Å². The van der Waals surface area contributed by atoms with Crippen LogP contribution < -0.4 is 0 Å². The number of nitrogens with zero attached hydrogens (tertiary/aromatic N) is 1. The van der Waals surface area contributed by atoms with Gasteiger partial charge < -0.3 is 9.67 Å². The van der Waals surface area contributed by atoms with E-state index in [1.807, 2.05) is 10.6 Å². The molecule has 98 valence electrons. The lowest BCUT2D eigenvalue weighted by atomic mass is 10.0. The Morgan fingerprint density at radius 1 is 1.21 bits per heavy atom. The second kappa shape index (κ2) is 4.26. The normalized spacial score (nSPS) is 14.6. The molecule has 0 radical (unpaired) electrons. The number of aryl methyl sites for hydroxylation is 2. The van der Waals surface area contributed by atoms with Gasteiger partial charge >= 0.3 is 5.97 Å². The van der Waals surface area contributed by atoms with E-state index in [-0.39, 0.29) is 0 Å². The highest BCUT2D eigenvalue weighted by molar-refractivity contribution is 5.88. The van der Waals surface area contributed by atoms with E-state index in [9.17, 15) is 9.90 Å². The van der Waals surface area contributed by atoms with Gasteiger partial charge in [-0.2, -0.15) is 0 Å². The average Bonchev–Trinajstić information content (AvgIpc) is 3.11. The van der Waals surface area contributed by atoms with Gasteiger partial charge in [-0.05, 0) is 50.5 Å². The quantitative estimate of drug-likeness (QED) is 0.906. The Bertz CT molecular complexity index is 651. The Balaban J connectivity index is 2.20. The Morgan fingerprint density at radius 3 is 2.58 bits per heavy atom. The molecule has 1 aliphatic rings.